The highest BCUT2D eigenvalue weighted by Crippen LogP contribution is 2.31. The number of carbonyl (C=O) groups is 1. The maximum absolute atomic E-state index is 13.3. The summed E-state index contributed by atoms with van der Waals surface area (Å²) in [6.45, 7) is 2.98. The summed E-state index contributed by atoms with van der Waals surface area (Å²) in [4.78, 5) is 14.6. The van der Waals surface area contributed by atoms with Gasteiger partial charge in [0.25, 0.3) is 0 Å². The van der Waals surface area contributed by atoms with Crippen molar-refractivity contribution in [2.45, 2.75) is 38.3 Å². The van der Waals surface area contributed by atoms with E-state index in [0.29, 0.717) is 19.0 Å². The number of carbonyl (C=O) groups excluding carboxylic acids is 1. The van der Waals surface area contributed by atoms with Crippen molar-refractivity contribution in [3.63, 3.8) is 0 Å². The van der Waals surface area contributed by atoms with E-state index >= 15 is 0 Å². The van der Waals surface area contributed by atoms with E-state index in [4.69, 9.17) is 5.73 Å². The summed E-state index contributed by atoms with van der Waals surface area (Å²) in [6, 6.07) is 6.79. The van der Waals surface area contributed by atoms with Crippen LogP contribution in [0.15, 0.2) is 24.3 Å². The molecule has 1 aromatic rings. The fraction of sp³-hybridized carbons (Fsp3) is 0.611. The number of likely N-dealkylation sites (tertiary alicyclic amines) is 1. The van der Waals surface area contributed by atoms with E-state index in [1.807, 2.05) is 6.07 Å². The molecule has 142 valence electrons. The number of amides is 1. The van der Waals surface area contributed by atoms with E-state index in [-0.39, 0.29) is 48.5 Å². The molecule has 1 aliphatic heterocycles. The maximum atomic E-state index is 13.3. The second-order valence-corrected chi connectivity index (χ2v) is 6.95. The van der Waals surface area contributed by atoms with Crippen LogP contribution in [0.2, 0.25) is 0 Å². The average molecular weight is 392 g/mol. The van der Waals surface area contributed by atoms with Crippen molar-refractivity contribution in [1.82, 2.24) is 10.2 Å². The topological polar surface area (TPSA) is 58.4 Å². The van der Waals surface area contributed by atoms with Crippen molar-refractivity contribution in [3.05, 3.63) is 35.6 Å². The van der Waals surface area contributed by atoms with Crippen molar-refractivity contribution < 1.29 is 9.18 Å². The van der Waals surface area contributed by atoms with Crippen molar-refractivity contribution in [1.29, 1.82) is 0 Å². The lowest BCUT2D eigenvalue weighted by atomic mass is 9.96. The molecule has 3 N–H and O–H groups in total. The highest BCUT2D eigenvalue weighted by atomic mass is 35.5. The van der Waals surface area contributed by atoms with Crippen LogP contribution < -0.4 is 11.1 Å². The van der Waals surface area contributed by atoms with Gasteiger partial charge in [-0.25, -0.2) is 4.39 Å². The number of halogens is 3. The van der Waals surface area contributed by atoms with Crippen LogP contribution in [0.1, 0.15) is 31.2 Å². The van der Waals surface area contributed by atoms with Gasteiger partial charge in [-0.05, 0) is 55.8 Å². The molecule has 1 amide bonds. The molecule has 3 rings (SSSR count). The number of nitrogens with two attached hydrogens (primary N) is 1. The highest BCUT2D eigenvalue weighted by molar-refractivity contribution is 5.85. The van der Waals surface area contributed by atoms with Gasteiger partial charge in [0.15, 0.2) is 0 Å². The monoisotopic (exact) mass is 391 g/mol. The summed E-state index contributed by atoms with van der Waals surface area (Å²) in [5, 5.41) is 3.02. The van der Waals surface area contributed by atoms with Gasteiger partial charge in [-0.1, -0.05) is 12.1 Å². The zero-order valence-corrected chi connectivity index (χ0v) is 16.0. The molecule has 1 saturated carbocycles. The van der Waals surface area contributed by atoms with Crippen molar-refractivity contribution in [2.24, 2.45) is 17.6 Å². The van der Waals surface area contributed by atoms with Crippen LogP contribution in [0.5, 0.6) is 0 Å². The quantitative estimate of drug-likeness (QED) is 0.783. The van der Waals surface area contributed by atoms with E-state index < -0.39 is 0 Å². The number of nitrogens with zero attached hydrogens (tertiary/aromatic N) is 1. The van der Waals surface area contributed by atoms with Crippen molar-refractivity contribution in [2.75, 3.05) is 19.6 Å². The Morgan fingerprint density at radius 2 is 2.08 bits per heavy atom. The number of hydrogen-bond donors (Lipinski definition) is 2. The largest absolute Gasteiger partial charge is 0.354 e. The molecule has 1 heterocycles. The van der Waals surface area contributed by atoms with Crippen LogP contribution in [0.3, 0.4) is 0 Å². The molecule has 1 saturated heterocycles. The first-order valence-electron chi connectivity index (χ1n) is 8.62. The predicted octanol–water partition coefficient (Wildman–Crippen LogP) is 2.73. The molecular formula is C18H28Cl2FN3O. The fourth-order valence-corrected chi connectivity index (χ4v) is 3.36. The molecular weight excluding hydrogens is 364 g/mol. The van der Waals surface area contributed by atoms with Gasteiger partial charge < -0.3 is 11.1 Å². The van der Waals surface area contributed by atoms with Crippen LogP contribution in [0.25, 0.3) is 0 Å². The van der Waals surface area contributed by atoms with Crippen LogP contribution in [-0.2, 0) is 11.3 Å². The van der Waals surface area contributed by atoms with Gasteiger partial charge in [-0.15, -0.1) is 24.8 Å². The van der Waals surface area contributed by atoms with Gasteiger partial charge in [-0.2, -0.15) is 0 Å². The minimum Gasteiger partial charge on any atom is -0.354 e. The third-order valence-electron chi connectivity index (χ3n) is 4.91. The molecule has 4 nitrogen and oxygen atoms in total. The predicted molar refractivity (Wildman–Crippen MR) is 103 cm³/mol. The van der Waals surface area contributed by atoms with Crippen molar-refractivity contribution >= 4 is 30.7 Å². The Balaban J connectivity index is 0.00000156. The van der Waals surface area contributed by atoms with E-state index in [9.17, 15) is 9.18 Å². The summed E-state index contributed by atoms with van der Waals surface area (Å²) in [5.41, 5.74) is 7.00. The molecule has 2 atom stereocenters. The molecule has 0 bridgehead atoms. The van der Waals surface area contributed by atoms with Gasteiger partial charge in [0.2, 0.25) is 5.91 Å². The van der Waals surface area contributed by atoms with E-state index in [0.717, 1.165) is 31.5 Å². The van der Waals surface area contributed by atoms with Crippen LogP contribution >= 0.6 is 24.8 Å². The van der Waals surface area contributed by atoms with E-state index in [1.54, 1.807) is 12.1 Å². The first kappa shape index (κ1) is 22.2. The summed E-state index contributed by atoms with van der Waals surface area (Å²) in [6.07, 6.45) is 4.32. The van der Waals surface area contributed by atoms with Crippen LogP contribution in [0.4, 0.5) is 4.39 Å². The zero-order valence-electron chi connectivity index (χ0n) is 14.3. The number of benzene rings is 1. The number of nitrogens with one attached hydrogen (secondary N) is 1. The summed E-state index contributed by atoms with van der Waals surface area (Å²) >= 11 is 0. The molecule has 7 heteroatoms. The van der Waals surface area contributed by atoms with E-state index in [1.165, 1.54) is 18.9 Å². The number of rotatable bonds is 6. The Hall–Kier alpha value is -0.880. The molecule has 1 aromatic carbocycles. The first-order valence-corrected chi connectivity index (χ1v) is 8.62. The van der Waals surface area contributed by atoms with Gasteiger partial charge in [0.1, 0.15) is 5.82 Å². The lowest BCUT2D eigenvalue weighted by Crippen LogP contribution is -2.46. The third kappa shape index (κ3) is 6.74. The Morgan fingerprint density at radius 3 is 2.76 bits per heavy atom. The molecule has 0 radical (unpaired) electrons. The van der Waals surface area contributed by atoms with E-state index in [2.05, 4.69) is 10.2 Å². The van der Waals surface area contributed by atoms with Gasteiger partial charge in [-0.3, -0.25) is 9.69 Å². The average Bonchev–Trinajstić information content (AvgIpc) is 3.37. The number of hydrogen-bond acceptors (Lipinski definition) is 3. The van der Waals surface area contributed by atoms with Crippen molar-refractivity contribution in [3.8, 4) is 0 Å². The van der Waals surface area contributed by atoms with Crippen LogP contribution in [-0.4, -0.2) is 36.5 Å². The third-order valence-corrected chi connectivity index (χ3v) is 4.91. The SMILES string of the molecule is Cl.Cl.NC(CNC(=O)C1CCCN(Cc2cccc(F)c2)C1)C1CC1. The number of piperidine rings is 1. The fourth-order valence-electron chi connectivity index (χ4n) is 3.36. The molecule has 2 fully saturated rings. The Kier molecular flexibility index (Phi) is 9.14. The minimum absolute atomic E-state index is 0. The summed E-state index contributed by atoms with van der Waals surface area (Å²) < 4.78 is 13.3. The molecule has 1 aliphatic carbocycles. The minimum atomic E-state index is -0.206. The zero-order chi connectivity index (χ0) is 16.2. The van der Waals surface area contributed by atoms with Gasteiger partial charge in [0, 0.05) is 25.7 Å². The summed E-state index contributed by atoms with van der Waals surface area (Å²) in [7, 11) is 0. The summed E-state index contributed by atoms with van der Waals surface area (Å²) in [5.74, 6) is 0.530. The molecule has 2 unspecified atom stereocenters. The Labute approximate surface area is 161 Å². The smallest absolute Gasteiger partial charge is 0.224 e. The Bertz CT molecular complexity index is 557. The maximum Gasteiger partial charge on any atom is 0.224 e. The van der Waals surface area contributed by atoms with Gasteiger partial charge in [0.05, 0.1) is 5.92 Å². The Morgan fingerprint density at radius 1 is 1.32 bits per heavy atom. The van der Waals surface area contributed by atoms with Crippen LogP contribution in [0, 0.1) is 17.7 Å². The second-order valence-electron chi connectivity index (χ2n) is 6.95. The lowest BCUT2D eigenvalue weighted by Gasteiger charge is -2.32. The normalized spacial score (nSPS) is 21.6. The first-order chi connectivity index (χ1) is 11.1. The molecule has 25 heavy (non-hydrogen) atoms. The standard InChI is InChI=1S/C18H26FN3O.2ClH/c19-16-5-1-3-13(9-16)11-22-8-2-4-15(12-22)18(23)21-10-17(20)14-6-7-14;;/h1,3,5,9,14-15,17H,2,4,6-8,10-12,20H2,(H,21,23);2*1H. The highest BCUT2D eigenvalue weighted by Gasteiger charge is 2.30. The molecule has 0 aromatic heterocycles. The lowest BCUT2D eigenvalue weighted by molar-refractivity contribution is -0.126. The molecule has 2 aliphatic rings. The second kappa shape index (κ2) is 10.3. The molecule has 0 spiro atoms. The van der Waals surface area contributed by atoms with Gasteiger partial charge >= 0.3 is 0 Å².